The second-order valence-corrected chi connectivity index (χ2v) is 8.86. The van der Waals surface area contributed by atoms with Gasteiger partial charge in [0.2, 0.25) is 0 Å². The highest BCUT2D eigenvalue weighted by atomic mass is 35.5. The number of benzene rings is 2. The molecule has 1 atom stereocenters. The Morgan fingerprint density at radius 1 is 1.22 bits per heavy atom. The third-order valence-electron chi connectivity index (χ3n) is 6.14. The van der Waals surface area contributed by atoms with Crippen molar-refractivity contribution in [1.82, 2.24) is 5.32 Å². The maximum Gasteiger partial charge on any atom is 0.326 e. The number of urea groups is 1. The minimum atomic E-state index is -0.511. The molecule has 0 radical (unpaired) electrons. The van der Waals surface area contributed by atoms with Gasteiger partial charge in [0.1, 0.15) is 5.82 Å². The van der Waals surface area contributed by atoms with Crippen molar-refractivity contribution < 1.29 is 9.18 Å². The topological polar surface area (TPSA) is 44.4 Å². The highest BCUT2D eigenvalue weighted by molar-refractivity contribution is 6.31. The van der Waals surface area contributed by atoms with Crippen LogP contribution < -0.4 is 15.5 Å². The maximum absolute atomic E-state index is 13.5. The number of nitrogens with zero attached hydrogens (tertiary/aromatic N) is 1. The lowest BCUT2D eigenvalue weighted by Crippen LogP contribution is -2.40. The number of carbonyl (C=O) groups is 1. The number of halogens is 2. The lowest BCUT2D eigenvalue weighted by molar-refractivity contribution is 0.257. The molecule has 0 saturated heterocycles. The lowest BCUT2D eigenvalue weighted by Gasteiger charge is -2.24. The number of carbonyl (C=O) groups excluding carboxylic acids is 1. The van der Waals surface area contributed by atoms with Gasteiger partial charge in [-0.1, -0.05) is 49.2 Å². The number of hydrogen-bond donors (Lipinski definition) is 2. The van der Waals surface area contributed by atoms with Crippen LogP contribution in [-0.2, 0) is 6.42 Å². The van der Waals surface area contributed by atoms with Crippen LogP contribution in [0.4, 0.5) is 20.6 Å². The van der Waals surface area contributed by atoms with Crippen molar-refractivity contribution in [3.8, 4) is 0 Å². The normalized spacial score (nSPS) is 16.7. The Labute approximate surface area is 194 Å². The predicted octanol–water partition coefficient (Wildman–Crippen LogP) is 6.42. The number of hydrogen-bond acceptors (Lipinski definition) is 2. The summed E-state index contributed by atoms with van der Waals surface area (Å²) in [5.74, 6) is 0.0374. The molecule has 2 aromatic rings. The van der Waals surface area contributed by atoms with Gasteiger partial charge in [-0.2, -0.15) is 0 Å². The SMILES string of the molecule is CCCNCCN(C(=O)Nc1ccc(F)c(Cl)c1)c1ccc2c(c1)CC1=C2C=CCC1C. The Morgan fingerprint density at radius 2 is 2.06 bits per heavy atom. The molecule has 0 saturated carbocycles. The first-order chi connectivity index (χ1) is 15.5. The Morgan fingerprint density at radius 3 is 2.84 bits per heavy atom. The molecule has 2 N–H and O–H groups in total. The van der Waals surface area contributed by atoms with Gasteiger partial charge in [0, 0.05) is 24.5 Å². The average molecular weight is 454 g/mol. The van der Waals surface area contributed by atoms with Gasteiger partial charge in [0.05, 0.1) is 5.02 Å². The van der Waals surface area contributed by atoms with E-state index in [-0.39, 0.29) is 11.1 Å². The Kier molecular flexibility index (Phi) is 6.97. The molecule has 4 rings (SSSR count). The minimum Gasteiger partial charge on any atom is -0.315 e. The number of nitrogens with one attached hydrogen (secondary N) is 2. The van der Waals surface area contributed by atoms with Crippen LogP contribution in [0.15, 0.2) is 54.1 Å². The van der Waals surface area contributed by atoms with E-state index in [1.807, 2.05) is 6.07 Å². The first-order valence-corrected chi connectivity index (χ1v) is 11.6. The second kappa shape index (κ2) is 9.88. The molecule has 0 spiro atoms. The zero-order chi connectivity index (χ0) is 22.7. The van der Waals surface area contributed by atoms with Crippen LogP contribution in [0.25, 0.3) is 5.57 Å². The maximum atomic E-state index is 13.5. The first-order valence-electron chi connectivity index (χ1n) is 11.2. The minimum absolute atomic E-state index is 0.0182. The molecule has 0 aromatic heterocycles. The number of rotatable bonds is 7. The van der Waals surface area contributed by atoms with Gasteiger partial charge in [-0.15, -0.1) is 0 Å². The van der Waals surface area contributed by atoms with E-state index in [0.29, 0.717) is 24.7 Å². The van der Waals surface area contributed by atoms with Crippen LogP contribution in [0.2, 0.25) is 5.02 Å². The molecule has 2 amide bonds. The Hall–Kier alpha value is -2.63. The van der Waals surface area contributed by atoms with Gasteiger partial charge in [-0.3, -0.25) is 4.90 Å². The highest BCUT2D eigenvalue weighted by Crippen LogP contribution is 2.42. The molecule has 2 aromatic carbocycles. The summed E-state index contributed by atoms with van der Waals surface area (Å²) in [6.45, 7) is 6.48. The third-order valence-corrected chi connectivity index (χ3v) is 6.43. The highest BCUT2D eigenvalue weighted by Gasteiger charge is 2.27. The summed E-state index contributed by atoms with van der Waals surface area (Å²) < 4.78 is 13.5. The number of amides is 2. The Balaban J connectivity index is 1.57. The van der Waals surface area contributed by atoms with Gasteiger partial charge in [0.25, 0.3) is 0 Å². The summed E-state index contributed by atoms with van der Waals surface area (Å²) >= 11 is 5.89. The first kappa shape index (κ1) is 22.6. The van der Waals surface area contributed by atoms with Crippen molar-refractivity contribution in [2.24, 2.45) is 5.92 Å². The third kappa shape index (κ3) is 4.74. The van der Waals surface area contributed by atoms with E-state index >= 15 is 0 Å². The fraction of sp³-hybridized carbons (Fsp3) is 0.346. The van der Waals surface area contributed by atoms with Crippen LogP contribution >= 0.6 is 11.6 Å². The second-order valence-electron chi connectivity index (χ2n) is 8.46. The molecule has 168 valence electrons. The lowest BCUT2D eigenvalue weighted by atomic mass is 9.89. The van der Waals surface area contributed by atoms with E-state index in [1.165, 1.54) is 40.5 Å². The van der Waals surface area contributed by atoms with E-state index in [2.05, 4.69) is 48.8 Å². The summed E-state index contributed by atoms with van der Waals surface area (Å²) in [4.78, 5) is 14.9. The molecular weight excluding hydrogens is 425 g/mol. The fourth-order valence-corrected chi connectivity index (χ4v) is 4.59. The fourth-order valence-electron chi connectivity index (χ4n) is 4.40. The number of allylic oxidation sites excluding steroid dienone is 4. The molecular formula is C26H29ClFN3O. The van der Waals surface area contributed by atoms with Crippen molar-refractivity contribution in [3.05, 3.63) is 76.1 Å². The number of anilines is 2. The van der Waals surface area contributed by atoms with Crippen molar-refractivity contribution in [3.63, 3.8) is 0 Å². The molecule has 0 fully saturated rings. The average Bonchev–Trinajstić information content (AvgIpc) is 3.15. The van der Waals surface area contributed by atoms with Gasteiger partial charge in [-0.05, 0) is 78.8 Å². The summed E-state index contributed by atoms with van der Waals surface area (Å²) in [6.07, 6.45) is 7.53. The quantitative estimate of drug-likeness (QED) is 0.475. The van der Waals surface area contributed by atoms with Crippen molar-refractivity contribution in [2.75, 3.05) is 29.9 Å². The summed E-state index contributed by atoms with van der Waals surface area (Å²) in [5.41, 5.74) is 6.67. The molecule has 2 aliphatic rings. The van der Waals surface area contributed by atoms with Crippen molar-refractivity contribution in [2.45, 2.75) is 33.1 Å². The summed E-state index contributed by atoms with van der Waals surface area (Å²) in [6, 6.07) is 10.2. The predicted molar refractivity (Wildman–Crippen MR) is 131 cm³/mol. The van der Waals surface area contributed by atoms with E-state index in [0.717, 1.165) is 31.5 Å². The summed E-state index contributed by atoms with van der Waals surface area (Å²) in [5, 5.41) is 6.20. The molecule has 0 aliphatic heterocycles. The van der Waals surface area contributed by atoms with Gasteiger partial charge < -0.3 is 10.6 Å². The van der Waals surface area contributed by atoms with E-state index in [1.54, 1.807) is 4.90 Å². The molecule has 0 bridgehead atoms. The van der Waals surface area contributed by atoms with Gasteiger partial charge >= 0.3 is 6.03 Å². The molecule has 4 nitrogen and oxygen atoms in total. The largest absolute Gasteiger partial charge is 0.326 e. The van der Waals surface area contributed by atoms with Crippen molar-refractivity contribution in [1.29, 1.82) is 0 Å². The van der Waals surface area contributed by atoms with Gasteiger partial charge in [-0.25, -0.2) is 9.18 Å². The van der Waals surface area contributed by atoms with Gasteiger partial charge in [0.15, 0.2) is 0 Å². The molecule has 0 heterocycles. The monoisotopic (exact) mass is 453 g/mol. The molecule has 2 aliphatic carbocycles. The smallest absolute Gasteiger partial charge is 0.315 e. The standard InChI is InChI=1S/C26H29ClFN3O/c1-3-11-29-12-13-31(26(32)30-19-7-10-25(28)24(27)16-19)20-8-9-21-18(14-20)15-23-17(2)5-4-6-22(21)23/h4,6-10,14,16-17,29H,3,5,11-13,15H2,1-2H3,(H,30,32). The Bertz CT molecular complexity index is 1080. The van der Waals surface area contributed by atoms with Crippen LogP contribution in [0, 0.1) is 11.7 Å². The van der Waals surface area contributed by atoms with Crippen LogP contribution in [0.5, 0.6) is 0 Å². The van der Waals surface area contributed by atoms with E-state index in [9.17, 15) is 9.18 Å². The molecule has 32 heavy (non-hydrogen) atoms. The van der Waals surface area contributed by atoms with Crippen LogP contribution in [0.1, 0.15) is 37.8 Å². The number of fused-ring (bicyclic) bond motifs is 2. The zero-order valence-corrected chi connectivity index (χ0v) is 19.3. The van der Waals surface area contributed by atoms with Crippen LogP contribution in [0.3, 0.4) is 0 Å². The zero-order valence-electron chi connectivity index (χ0n) is 18.6. The molecule has 6 heteroatoms. The van der Waals surface area contributed by atoms with Crippen LogP contribution in [-0.4, -0.2) is 25.7 Å². The van der Waals surface area contributed by atoms with E-state index in [4.69, 9.17) is 11.6 Å². The summed E-state index contributed by atoms with van der Waals surface area (Å²) in [7, 11) is 0. The molecule has 1 unspecified atom stereocenters. The van der Waals surface area contributed by atoms with E-state index < -0.39 is 5.82 Å². The van der Waals surface area contributed by atoms with Crippen molar-refractivity contribution >= 4 is 34.6 Å².